The molecule has 2 N–H and O–H groups in total. The lowest BCUT2D eigenvalue weighted by atomic mass is 10.1. The van der Waals surface area contributed by atoms with Crippen molar-refractivity contribution in [2.75, 3.05) is 19.5 Å². The molecule has 152 valence electrons. The first-order valence-corrected chi connectivity index (χ1v) is 9.27. The first-order chi connectivity index (χ1) is 14.6. The zero-order valence-corrected chi connectivity index (χ0v) is 16.9. The summed E-state index contributed by atoms with van der Waals surface area (Å²) in [5.74, 6) is 0.860. The lowest BCUT2D eigenvalue weighted by Crippen LogP contribution is -2.23. The molecule has 4 rings (SSSR count). The second-order valence-corrected chi connectivity index (χ2v) is 6.55. The largest absolute Gasteiger partial charge is 0.495 e. The van der Waals surface area contributed by atoms with Crippen molar-refractivity contribution >= 4 is 51.2 Å². The molecule has 0 amide bonds. The third kappa shape index (κ3) is 3.58. The third-order valence-electron chi connectivity index (χ3n) is 4.31. The van der Waals surface area contributed by atoms with Gasteiger partial charge in [0, 0.05) is 11.8 Å². The van der Waals surface area contributed by atoms with Crippen molar-refractivity contribution in [1.82, 2.24) is 5.43 Å². The zero-order valence-electron chi connectivity index (χ0n) is 16.1. The van der Waals surface area contributed by atoms with Crippen LogP contribution in [0.15, 0.2) is 67.5 Å². The second kappa shape index (κ2) is 8.26. The Kier molecular flexibility index (Phi) is 5.36. The van der Waals surface area contributed by atoms with Gasteiger partial charge in [-0.05, 0) is 30.4 Å². The van der Waals surface area contributed by atoms with E-state index in [0.29, 0.717) is 22.5 Å². The Morgan fingerprint density at radius 1 is 1.10 bits per heavy atom. The standard InChI is InChI=1S/C21H17N3O5S/c1-26-17-14-8-9-28-18(14)20(27-2)19-16(17)15(25)10-13(29-19)11-22-24-21(30)23-12-6-4-3-5-7-12/h3-11H,1-2H3,(H2,23,24,30)/b22-11+. The van der Waals surface area contributed by atoms with Crippen LogP contribution < -0.4 is 25.6 Å². The van der Waals surface area contributed by atoms with Gasteiger partial charge in [0.15, 0.2) is 27.5 Å². The van der Waals surface area contributed by atoms with Crippen LogP contribution in [-0.2, 0) is 0 Å². The monoisotopic (exact) mass is 423 g/mol. The molecule has 0 saturated heterocycles. The molecule has 0 saturated carbocycles. The van der Waals surface area contributed by atoms with Gasteiger partial charge in [0.05, 0.1) is 32.1 Å². The van der Waals surface area contributed by atoms with E-state index in [2.05, 4.69) is 15.8 Å². The number of hydrazone groups is 1. The predicted octanol–water partition coefficient (Wildman–Crippen LogP) is 3.88. The maximum atomic E-state index is 12.8. The molecule has 0 spiro atoms. The molecule has 0 atom stereocenters. The topological polar surface area (TPSA) is 98.2 Å². The van der Waals surface area contributed by atoms with E-state index in [-0.39, 0.29) is 27.3 Å². The number of hydrogen-bond donors (Lipinski definition) is 2. The first-order valence-electron chi connectivity index (χ1n) is 8.86. The Morgan fingerprint density at radius 3 is 2.60 bits per heavy atom. The number of furan rings is 1. The van der Waals surface area contributed by atoms with E-state index in [4.69, 9.17) is 30.5 Å². The van der Waals surface area contributed by atoms with E-state index < -0.39 is 0 Å². The molecule has 0 aliphatic rings. The van der Waals surface area contributed by atoms with Crippen LogP contribution >= 0.6 is 12.2 Å². The van der Waals surface area contributed by atoms with Gasteiger partial charge in [0.2, 0.25) is 5.75 Å². The highest BCUT2D eigenvalue weighted by Crippen LogP contribution is 2.41. The van der Waals surface area contributed by atoms with Crippen molar-refractivity contribution in [2.24, 2.45) is 5.10 Å². The number of thiocarbonyl (C=S) groups is 1. The van der Waals surface area contributed by atoms with Crippen LogP contribution in [0.5, 0.6) is 11.5 Å². The Labute approximate surface area is 176 Å². The first kappa shape index (κ1) is 19.5. The molecule has 30 heavy (non-hydrogen) atoms. The number of nitrogens with zero attached hydrogens (tertiary/aromatic N) is 1. The van der Waals surface area contributed by atoms with Gasteiger partial charge in [0.25, 0.3) is 0 Å². The molecule has 2 heterocycles. The van der Waals surface area contributed by atoms with E-state index in [1.165, 1.54) is 32.8 Å². The molecule has 2 aromatic heterocycles. The van der Waals surface area contributed by atoms with Crippen molar-refractivity contribution in [3.05, 3.63) is 64.7 Å². The molecule has 0 unspecified atom stereocenters. The normalized spacial score (nSPS) is 11.1. The van der Waals surface area contributed by atoms with Crippen LogP contribution in [0.4, 0.5) is 5.69 Å². The van der Waals surface area contributed by atoms with Crippen molar-refractivity contribution in [2.45, 2.75) is 0 Å². The molecule has 0 radical (unpaired) electrons. The van der Waals surface area contributed by atoms with Crippen molar-refractivity contribution in [3.8, 4) is 11.5 Å². The predicted molar refractivity (Wildman–Crippen MR) is 119 cm³/mol. The van der Waals surface area contributed by atoms with Gasteiger partial charge in [-0.1, -0.05) is 18.2 Å². The Hall–Kier alpha value is -3.85. The lowest BCUT2D eigenvalue weighted by molar-refractivity contribution is 0.400. The van der Waals surface area contributed by atoms with Crippen molar-refractivity contribution in [1.29, 1.82) is 0 Å². The fourth-order valence-electron chi connectivity index (χ4n) is 3.08. The molecule has 0 bridgehead atoms. The number of methoxy groups -OCH3 is 2. The summed E-state index contributed by atoms with van der Waals surface area (Å²) in [5.41, 5.74) is 3.82. The number of ether oxygens (including phenoxy) is 2. The molecule has 0 fully saturated rings. The van der Waals surface area contributed by atoms with Gasteiger partial charge < -0.3 is 23.6 Å². The fourth-order valence-corrected chi connectivity index (χ4v) is 3.25. The number of para-hydroxylation sites is 1. The summed E-state index contributed by atoms with van der Waals surface area (Å²) in [6.07, 6.45) is 2.84. The van der Waals surface area contributed by atoms with Crippen LogP contribution in [0.25, 0.3) is 21.9 Å². The number of hydrogen-bond acceptors (Lipinski definition) is 7. The minimum Gasteiger partial charge on any atom is -0.495 e. The second-order valence-electron chi connectivity index (χ2n) is 6.14. The summed E-state index contributed by atoms with van der Waals surface area (Å²) in [7, 11) is 2.95. The van der Waals surface area contributed by atoms with Gasteiger partial charge in [0.1, 0.15) is 11.1 Å². The van der Waals surface area contributed by atoms with Crippen molar-refractivity contribution < 1.29 is 18.3 Å². The summed E-state index contributed by atoms with van der Waals surface area (Å²) in [4.78, 5) is 12.8. The van der Waals surface area contributed by atoms with E-state index in [1.807, 2.05) is 30.3 Å². The maximum absolute atomic E-state index is 12.8. The Bertz CT molecular complexity index is 1310. The van der Waals surface area contributed by atoms with Gasteiger partial charge in [-0.25, -0.2) is 0 Å². The van der Waals surface area contributed by atoms with E-state index in [0.717, 1.165) is 5.69 Å². The number of fused-ring (bicyclic) bond motifs is 2. The molecule has 9 heteroatoms. The molecule has 0 aliphatic carbocycles. The van der Waals surface area contributed by atoms with Gasteiger partial charge >= 0.3 is 0 Å². The van der Waals surface area contributed by atoms with Gasteiger partial charge in [-0.2, -0.15) is 5.10 Å². The lowest BCUT2D eigenvalue weighted by Gasteiger charge is -2.10. The highest BCUT2D eigenvalue weighted by atomic mass is 32.1. The summed E-state index contributed by atoms with van der Waals surface area (Å²) in [5, 5.41) is 8.18. The number of nitrogens with one attached hydrogen (secondary N) is 2. The highest BCUT2D eigenvalue weighted by Gasteiger charge is 2.22. The Morgan fingerprint density at radius 2 is 1.87 bits per heavy atom. The van der Waals surface area contributed by atoms with E-state index in [1.54, 1.807) is 6.07 Å². The zero-order chi connectivity index (χ0) is 21.1. The summed E-state index contributed by atoms with van der Waals surface area (Å²) in [6.45, 7) is 0. The molecule has 0 aliphatic heterocycles. The quantitative estimate of drug-likeness (QED) is 0.284. The third-order valence-corrected chi connectivity index (χ3v) is 4.51. The van der Waals surface area contributed by atoms with Gasteiger partial charge in [-0.15, -0.1) is 0 Å². The maximum Gasteiger partial charge on any atom is 0.206 e. The minimum absolute atomic E-state index is 0.203. The molecule has 8 nitrogen and oxygen atoms in total. The number of rotatable bonds is 5. The van der Waals surface area contributed by atoms with Gasteiger partial charge in [-0.3, -0.25) is 10.2 Å². The summed E-state index contributed by atoms with van der Waals surface area (Å²) < 4.78 is 22.3. The molecular weight excluding hydrogens is 406 g/mol. The molecule has 4 aromatic rings. The van der Waals surface area contributed by atoms with E-state index >= 15 is 0 Å². The minimum atomic E-state index is -0.305. The van der Waals surface area contributed by atoms with Crippen LogP contribution in [0.3, 0.4) is 0 Å². The average molecular weight is 423 g/mol. The molecular formula is C21H17N3O5S. The van der Waals surface area contributed by atoms with Crippen LogP contribution in [-0.4, -0.2) is 25.5 Å². The smallest absolute Gasteiger partial charge is 0.206 e. The fraction of sp³-hybridized carbons (Fsp3) is 0.0952. The Balaban J connectivity index is 1.67. The molecule has 2 aromatic carbocycles. The van der Waals surface area contributed by atoms with Crippen LogP contribution in [0, 0.1) is 0 Å². The van der Waals surface area contributed by atoms with Crippen LogP contribution in [0.1, 0.15) is 5.76 Å². The van der Waals surface area contributed by atoms with E-state index in [9.17, 15) is 4.79 Å². The average Bonchev–Trinajstić information content (AvgIpc) is 3.22. The number of anilines is 1. The van der Waals surface area contributed by atoms with Crippen LogP contribution in [0.2, 0.25) is 0 Å². The summed E-state index contributed by atoms with van der Waals surface area (Å²) in [6, 6.07) is 12.4. The summed E-state index contributed by atoms with van der Waals surface area (Å²) >= 11 is 5.19. The highest BCUT2D eigenvalue weighted by molar-refractivity contribution is 7.80. The number of benzene rings is 2. The SMILES string of the molecule is COc1c2occc2c(OC)c2c(=O)cc(/C=N/NC(=S)Nc3ccccc3)oc12. The van der Waals surface area contributed by atoms with Crippen molar-refractivity contribution in [3.63, 3.8) is 0 Å².